The number of rotatable bonds is 4. The molecule has 1 aliphatic rings. The highest BCUT2D eigenvalue weighted by Gasteiger charge is 2.36. The second-order valence-electron chi connectivity index (χ2n) is 6.17. The van der Waals surface area contributed by atoms with Crippen LogP contribution < -0.4 is 5.43 Å². The minimum Gasteiger partial charge on any atom is -0.288 e. The molecule has 3 aromatic carbocycles. The van der Waals surface area contributed by atoms with Crippen molar-refractivity contribution in [2.24, 2.45) is 0 Å². The van der Waals surface area contributed by atoms with E-state index >= 15 is 0 Å². The molecule has 1 heterocycles. The number of halogens is 1. The number of hydrogen-bond donors (Lipinski definition) is 1. The first kappa shape index (κ1) is 18.3. The summed E-state index contributed by atoms with van der Waals surface area (Å²) in [5.74, 6) is -1.66. The first-order valence-electron chi connectivity index (χ1n) is 8.08. The normalized spacial score (nSPS) is 12.9. The fraction of sp³-hybridized carbons (Fsp3) is 0. The lowest BCUT2D eigenvalue weighted by Crippen LogP contribution is -2.44. The van der Waals surface area contributed by atoms with Crippen LogP contribution in [0.5, 0.6) is 0 Å². The summed E-state index contributed by atoms with van der Waals surface area (Å²) in [6, 6.07) is 10.5. The maximum Gasteiger partial charge on any atom is 0.280 e. The van der Waals surface area contributed by atoms with E-state index in [1.165, 1.54) is 6.07 Å². The van der Waals surface area contributed by atoms with E-state index in [1.807, 2.05) is 0 Å². The van der Waals surface area contributed by atoms with Crippen molar-refractivity contribution in [1.29, 1.82) is 0 Å². The lowest BCUT2D eigenvalue weighted by atomic mass is 9.93. The topological polar surface area (TPSA) is 136 Å². The zero-order chi connectivity index (χ0) is 20.9. The Labute approximate surface area is 166 Å². The van der Waals surface area contributed by atoms with E-state index in [2.05, 4.69) is 5.43 Å². The summed E-state index contributed by atoms with van der Waals surface area (Å²) < 4.78 is 0. The number of nitrogens with zero attached hydrogens (tertiary/aromatic N) is 3. The molecular formula is C18H9ClN4O6. The molecule has 0 unspecified atom stereocenters. The van der Waals surface area contributed by atoms with Crippen molar-refractivity contribution in [3.8, 4) is 0 Å². The third-order valence-corrected chi connectivity index (χ3v) is 4.61. The molecule has 4 rings (SSSR count). The second-order valence-corrected chi connectivity index (χ2v) is 6.60. The number of nitro groups is 2. The summed E-state index contributed by atoms with van der Waals surface area (Å²) in [6.07, 6.45) is 0. The van der Waals surface area contributed by atoms with Crippen LogP contribution in [0.3, 0.4) is 0 Å². The highest BCUT2D eigenvalue weighted by molar-refractivity contribution is 6.31. The van der Waals surface area contributed by atoms with Crippen LogP contribution in [0.25, 0.3) is 10.8 Å². The molecule has 11 heteroatoms. The Balaban J connectivity index is 1.94. The maximum absolute atomic E-state index is 12.9. The Bertz CT molecular complexity index is 1190. The van der Waals surface area contributed by atoms with Crippen molar-refractivity contribution in [2.75, 3.05) is 5.43 Å². The van der Waals surface area contributed by atoms with Gasteiger partial charge in [-0.15, -0.1) is 0 Å². The standard InChI is InChI=1S/C18H9ClN4O6/c19-10-2-1-3-11(6-10)20-21-17(24)14-7-12(22(26)27)4-9-5-13(23(28)29)8-15(16(9)14)18(21)25/h1-8,20H. The molecule has 1 N–H and O–H groups in total. The fourth-order valence-electron chi connectivity index (χ4n) is 3.15. The van der Waals surface area contributed by atoms with Crippen LogP contribution in [-0.4, -0.2) is 26.7 Å². The molecular weight excluding hydrogens is 404 g/mol. The van der Waals surface area contributed by atoms with Gasteiger partial charge >= 0.3 is 0 Å². The van der Waals surface area contributed by atoms with E-state index in [0.29, 0.717) is 15.7 Å². The molecule has 3 aromatic rings. The minimum atomic E-state index is -0.829. The van der Waals surface area contributed by atoms with Gasteiger partial charge in [-0.3, -0.25) is 35.2 Å². The van der Waals surface area contributed by atoms with Crippen LogP contribution in [0, 0.1) is 20.2 Å². The van der Waals surface area contributed by atoms with Crippen LogP contribution in [0.4, 0.5) is 17.1 Å². The Kier molecular flexibility index (Phi) is 4.13. The lowest BCUT2D eigenvalue weighted by molar-refractivity contribution is -0.385. The summed E-state index contributed by atoms with van der Waals surface area (Å²) in [5.41, 5.74) is 1.84. The Morgan fingerprint density at radius 2 is 1.41 bits per heavy atom. The fourth-order valence-corrected chi connectivity index (χ4v) is 3.34. The Hall–Kier alpha value is -4.05. The maximum atomic E-state index is 12.9. The molecule has 0 fully saturated rings. The van der Waals surface area contributed by atoms with E-state index in [4.69, 9.17) is 11.6 Å². The van der Waals surface area contributed by atoms with Crippen molar-refractivity contribution in [3.05, 3.63) is 84.9 Å². The van der Waals surface area contributed by atoms with Gasteiger partial charge in [0.2, 0.25) is 0 Å². The van der Waals surface area contributed by atoms with Crippen LogP contribution in [0.2, 0.25) is 5.02 Å². The van der Waals surface area contributed by atoms with Crippen molar-refractivity contribution in [2.45, 2.75) is 0 Å². The summed E-state index contributed by atoms with van der Waals surface area (Å²) in [6.45, 7) is 0. The number of nitrogens with one attached hydrogen (secondary N) is 1. The van der Waals surface area contributed by atoms with Gasteiger partial charge in [-0.05, 0) is 23.6 Å². The summed E-state index contributed by atoms with van der Waals surface area (Å²) in [4.78, 5) is 47.0. The van der Waals surface area contributed by atoms with Gasteiger partial charge in [-0.1, -0.05) is 17.7 Å². The van der Waals surface area contributed by atoms with Gasteiger partial charge in [-0.25, -0.2) is 0 Å². The molecule has 10 nitrogen and oxygen atoms in total. The van der Waals surface area contributed by atoms with Crippen molar-refractivity contribution in [1.82, 2.24) is 5.01 Å². The third kappa shape index (κ3) is 3.01. The SMILES string of the molecule is O=C1c2cc([N+](=O)[O-])cc3cc([N+](=O)[O-])cc(c23)C(=O)N1Nc1cccc(Cl)c1. The predicted molar refractivity (Wildman–Crippen MR) is 103 cm³/mol. The molecule has 2 amide bonds. The van der Waals surface area contributed by atoms with Gasteiger partial charge in [0.1, 0.15) is 0 Å². The quantitative estimate of drug-likeness (QED) is 0.389. The predicted octanol–water partition coefficient (Wildman–Crippen LogP) is 3.93. The van der Waals surface area contributed by atoms with Crippen LogP contribution in [0.15, 0.2) is 48.5 Å². The van der Waals surface area contributed by atoms with Crippen molar-refractivity contribution in [3.63, 3.8) is 0 Å². The average molecular weight is 413 g/mol. The minimum absolute atomic E-state index is 0.0579. The van der Waals surface area contributed by atoms with Crippen LogP contribution in [0.1, 0.15) is 20.7 Å². The van der Waals surface area contributed by atoms with E-state index in [9.17, 15) is 29.8 Å². The van der Waals surface area contributed by atoms with E-state index < -0.39 is 33.0 Å². The second kappa shape index (κ2) is 6.53. The number of carbonyl (C=O) groups is 2. The van der Waals surface area contributed by atoms with Gasteiger partial charge in [0.25, 0.3) is 23.2 Å². The molecule has 0 atom stereocenters. The first-order valence-corrected chi connectivity index (χ1v) is 8.45. The van der Waals surface area contributed by atoms with Gasteiger partial charge in [0, 0.05) is 34.7 Å². The lowest BCUT2D eigenvalue weighted by Gasteiger charge is -2.27. The third-order valence-electron chi connectivity index (χ3n) is 4.37. The van der Waals surface area contributed by atoms with E-state index in [-0.39, 0.29) is 21.9 Å². The number of non-ortho nitro benzene ring substituents is 2. The van der Waals surface area contributed by atoms with Crippen LogP contribution >= 0.6 is 11.6 Å². The Morgan fingerprint density at radius 1 is 0.862 bits per heavy atom. The zero-order valence-corrected chi connectivity index (χ0v) is 15.0. The smallest absolute Gasteiger partial charge is 0.280 e. The number of hydrogen-bond acceptors (Lipinski definition) is 7. The van der Waals surface area contributed by atoms with Gasteiger partial charge < -0.3 is 0 Å². The molecule has 0 bridgehead atoms. The van der Waals surface area contributed by atoms with Gasteiger partial charge in [-0.2, -0.15) is 5.01 Å². The van der Waals surface area contributed by atoms with Gasteiger partial charge in [0.15, 0.2) is 0 Å². The summed E-state index contributed by atoms with van der Waals surface area (Å²) in [7, 11) is 0. The average Bonchev–Trinajstić information content (AvgIpc) is 2.68. The number of anilines is 1. The number of amides is 2. The number of nitro benzene ring substituents is 2. The first-order chi connectivity index (χ1) is 13.8. The van der Waals surface area contributed by atoms with E-state index in [0.717, 1.165) is 24.3 Å². The molecule has 0 spiro atoms. The monoisotopic (exact) mass is 412 g/mol. The molecule has 0 radical (unpaired) electrons. The van der Waals surface area contributed by atoms with E-state index in [1.54, 1.807) is 18.2 Å². The highest BCUT2D eigenvalue weighted by atomic mass is 35.5. The summed E-state index contributed by atoms with van der Waals surface area (Å²) in [5, 5.41) is 23.7. The molecule has 0 saturated heterocycles. The van der Waals surface area contributed by atoms with Crippen molar-refractivity contribution >= 4 is 51.2 Å². The largest absolute Gasteiger partial charge is 0.288 e. The highest BCUT2D eigenvalue weighted by Crippen LogP contribution is 2.36. The number of benzene rings is 3. The molecule has 1 aliphatic heterocycles. The molecule has 144 valence electrons. The zero-order valence-electron chi connectivity index (χ0n) is 14.3. The number of hydrazine groups is 1. The molecule has 0 saturated carbocycles. The van der Waals surface area contributed by atoms with Crippen molar-refractivity contribution < 1.29 is 19.4 Å². The molecule has 0 aromatic heterocycles. The molecule has 29 heavy (non-hydrogen) atoms. The van der Waals surface area contributed by atoms with Crippen LogP contribution in [-0.2, 0) is 0 Å². The Morgan fingerprint density at radius 3 is 1.90 bits per heavy atom. The number of carbonyl (C=O) groups excluding carboxylic acids is 2. The summed E-state index contributed by atoms with van der Waals surface area (Å²) >= 11 is 5.91. The molecule has 0 aliphatic carbocycles. The van der Waals surface area contributed by atoms with Gasteiger partial charge in [0.05, 0.1) is 26.7 Å². The number of imide groups is 1.